The Morgan fingerprint density at radius 3 is 2.96 bits per heavy atom. The molecule has 0 bridgehead atoms. The number of fused-ring (bicyclic) bond motifs is 1. The third-order valence-electron chi connectivity index (χ3n) is 4.37. The van der Waals surface area contributed by atoms with Gasteiger partial charge < -0.3 is 15.3 Å². The molecule has 23 heavy (non-hydrogen) atoms. The van der Waals surface area contributed by atoms with Crippen LogP contribution in [0.4, 0.5) is 4.79 Å². The minimum absolute atomic E-state index is 0.0670. The number of carboxylic acids is 1. The molecule has 2 unspecified atom stereocenters. The first-order valence-corrected chi connectivity index (χ1v) is 9.11. The fourth-order valence-electron chi connectivity index (χ4n) is 3.12. The van der Waals surface area contributed by atoms with Gasteiger partial charge in [-0.3, -0.25) is 4.79 Å². The van der Waals surface area contributed by atoms with E-state index in [4.69, 9.17) is 16.7 Å². The van der Waals surface area contributed by atoms with Crippen molar-refractivity contribution >= 4 is 35.4 Å². The Morgan fingerprint density at radius 1 is 1.35 bits per heavy atom. The summed E-state index contributed by atoms with van der Waals surface area (Å²) >= 11 is 7.85. The van der Waals surface area contributed by atoms with Crippen molar-refractivity contribution in [3.63, 3.8) is 0 Å². The van der Waals surface area contributed by atoms with Crippen LogP contribution in [0.25, 0.3) is 0 Å². The van der Waals surface area contributed by atoms with Gasteiger partial charge in [-0.15, -0.1) is 11.8 Å². The molecule has 0 spiro atoms. The summed E-state index contributed by atoms with van der Waals surface area (Å²) in [5, 5.41) is 12.9. The molecule has 1 aromatic rings. The molecular formula is C16H19ClN2O3S. The van der Waals surface area contributed by atoms with Crippen LogP contribution >= 0.6 is 23.4 Å². The quantitative estimate of drug-likeness (QED) is 0.854. The molecule has 3 rings (SSSR count). The lowest BCUT2D eigenvalue weighted by molar-refractivity contribution is -0.143. The van der Waals surface area contributed by atoms with E-state index in [-0.39, 0.29) is 18.6 Å². The first kappa shape index (κ1) is 16.5. The van der Waals surface area contributed by atoms with Crippen molar-refractivity contribution in [3.8, 4) is 0 Å². The van der Waals surface area contributed by atoms with Crippen molar-refractivity contribution in [2.75, 3.05) is 18.8 Å². The monoisotopic (exact) mass is 354 g/mol. The number of carbonyl (C=O) groups is 2. The van der Waals surface area contributed by atoms with E-state index in [9.17, 15) is 9.59 Å². The number of piperidine rings is 1. The fourth-order valence-corrected chi connectivity index (χ4v) is 4.40. The van der Waals surface area contributed by atoms with E-state index in [2.05, 4.69) is 5.32 Å². The van der Waals surface area contributed by atoms with Gasteiger partial charge in [-0.2, -0.15) is 0 Å². The number of carboxylic acid groups (broad SMARTS) is 1. The van der Waals surface area contributed by atoms with Gasteiger partial charge in [0.15, 0.2) is 0 Å². The average molecular weight is 355 g/mol. The van der Waals surface area contributed by atoms with Gasteiger partial charge in [0, 0.05) is 28.8 Å². The summed E-state index contributed by atoms with van der Waals surface area (Å²) in [6, 6.07) is 5.51. The molecular weight excluding hydrogens is 336 g/mol. The summed E-state index contributed by atoms with van der Waals surface area (Å²) in [6.45, 7) is 0.893. The summed E-state index contributed by atoms with van der Waals surface area (Å²) < 4.78 is 0. The summed E-state index contributed by atoms with van der Waals surface area (Å²) in [4.78, 5) is 26.4. The predicted molar refractivity (Wildman–Crippen MR) is 90.0 cm³/mol. The fraction of sp³-hybridized carbons (Fsp3) is 0.500. The second-order valence-electron chi connectivity index (χ2n) is 5.94. The molecule has 0 aromatic heterocycles. The highest BCUT2D eigenvalue weighted by molar-refractivity contribution is 7.99. The van der Waals surface area contributed by atoms with E-state index in [0.717, 1.165) is 29.1 Å². The van der Waals surface area contributed by atoms with Crippen LogP contribution in [0.3, 0.4) is 0 Å². The molecule has 124 valence electrons. The SMILES string of the molecule is O=C(O)C1CCCN(C(=O)NC2CCSc3ccc(Cl)cc32)C1. The Balaban J connectivity index is 1.69. The summed E-state index contributed by atoms with van der Waals surface area (Å²) in [5.41, 5.74) is 1.05. The van der Waals surface area contributed by atoms with E-state index in [1.165, 1.54) is 0 Å². The highest BCUT2D eigenvalue weighted by atomic mass is 35.5. The lowest BCUT2D eigenvalue weighted by atomic mass is 9.98. The normalized spacial score (nSPS) is 24.0. The maximum absolute atomic E-state index is 12.5. The predicted octanol–water partition coefficient (Wildman–Crippen LogP) is 3.38. The first-order valence-electron chi connectivity index (χ1n) is 7.75. The maximum Gasteiger partial charge on any atom is 0.317 e. The number of amides is 2. The number of hydrogen-bond acceptors (Lipinski definition) is 3. The number of rotatable bonds is 2. The van der Waals surface area contributed by atoms with Crippen molar-refractivity contribution < 1.29 is 14.7 Å². The van der Waals surface area contributed by atoms with Crippen molar-refractivity contribution in [1.29, 1.82) is 0 Å². The van der Waals surface area contributed by atoms with Gasteiger partial charge in [-0.25, -0.2) is 4.79 Å². The van der Waals surface area contributed by atoms with Gasteiger partial charge in [0.05, 0.1) is 12.0 Å². The molecule has 0 aliphatic carbocycles. The van der Waals surface area contributed by atoms with Crippen molar-refractivity contribution in [3.05, 3.63) is 28.8 Å². The molecule has 2 aliphatic rings. The largest absolute Gasteiger partial charge is 0.481 e. The molecule has 2 heterocycles. The minimum Gasteiger partial charge on any atom is -0.481 e. The second kappa shape index (κ2) is 7.01. The smallest absolute Gasteiger partial charge is 0.317 e. The Hall–Kier alpha value is -1.40. The third kappa shape index (κ3) is 3.75. The Morgan fingerprint density at radius 2 is 2.17 bits per heavy atom. The average Bonchev–Trinajstić information content (AvgIpc) is 2.55. The van der Waals surface area contributed by atoms with Crippen LogP contribution in [-0.4, -0.2) is 40.8 Å². The lowest BCUT2D eigenvalue weighted by Gasteiger charge is -2.33. The van der Waals surface area contributed by atoms with Crippen LogP contribution in [0.1, 0.15) is 30.9 Å². The summed E-state index contributed by atoms with van der Waals surface area (Å²) in [7, 11) is 0. The molecule has 1 aromatic carbocycles. The van der Waals surface area contributed by atoms with Crippen LogP contribution in [0, 0.1) is 5.92 Å². The zero-order valence-electron chi connectivity index (χ0n) is 12.6. The van der Waals surface area contributed by atoms with Crippen LogP contribution < -0.4 is 5.32 Å². The number of nitrogens with zero attached hydrogens (tertiary/aromatic N) is 1. The lowest BCUT2D eigenvalue weighted by Crippen LogP contribution is -2.48. The van der Waals surface area contributed by atoms with Crippen molar-refractivity contribution in [2.24, 2.45) is 5.92 Å². The molecule has 2 N–H and O–H groups in total. The number of nitrogens with one attached hydrogen (secondary N) is 1. The molecule has 2 atom stereocenters. The Labute approximate surface area is 144 Å². The third-order valence-corrected chi connectivity index (χ3v) is 5.72. The molecule has 5 nitrogen and oxygen atoms in total. The molecule has 1 fully saturated rings. The van der Waals surface area contributed by atoms with E-state index in [1.807, 2.05) is 18.2 Å². The number of aliphatic carboxylic acids is 1. The van der Waals surface area contributed by atoms with Crippen molar-refractivity contribution in [2.45, 2.75) is 30.2 Å². The number of urea groups is 1. The van der Waals surface area contributed by atoms with Crippen molar-refractivity contribution in [1.82, 2.24) is 10.2 Å². The molecule has 2 aliphatic heterocycles. The van der Waals surface area contributed by atoms with Crippen LogP contribution in [0.15, 0.2) is 23.1 Å². The topological polar surface area (TPSA) is 69.6 Å². The molecule has 1 saturated heterocycles. The van der Waals surface area contributed by atoms with Gasteiger partial charge >= 0.3 is 12.0 Å². The summed E-state index contributed by atoms with van der Waals surface area (Å²) in [6.07, 6.45) is 2.21. The van der Waals surface area contributed by atoms with E-state index < -0.39 is 11.9 Å². The zero-order valence-corrected chi connectivity index (χ0v) is 14.2. The molecule has 2 amide bonds. The van der Waals surface area contributed by atoms with E-state index >= 15 is 0 Å². The van der Waals surface area contributed by atoms with Gasteiger partial charge in [0.1, 0.15) is 0 Å². The second-order valence-corrected chi connectivity index (χ2v) is 7.52. The Kier molecular flexibility index (Phi) is 5.02. The number of thioether (sulfide) groups is 1. The summed E-state index contributed by atoms with van der Waals surface area (Å²) in [5.74, 6) is -0.344. The highest BCUT2D eigenvalue weighted by Gasteiger charge is 2.30. The number of benzene rings is 1. The number of hydrogen-bond donors (Lipinski definition) is 2. The van der Waals surface area contributed by atoms with Crippen LogP contribution in [0.5, 0.6) is 0 Å². The zero-order chi connectivity index (χ0) is 16.4. The van der Waals surface area contributed by atoms with E-state index in [0.29, 0.717) is 18.0 Å². The Bertz CT molecular complexity index is 625. The minimum atomic E-state index is -0.825. The molecule has 0 saturated carbocycles. The highest BCUT2D eigenvalue weighted by Crippen LogP contribution is 2.37. The first-order chi connectivity index (χ1) is 11.0. The molecule has 0 radical (unpaired) electrons. The standard InChI is InChI=1S/C16H19ClN2O3S/c17-11-3-4-14-12(8-11)13(5-7-23-14)18-16(22)19-6-1-2-10(9-19)15(20)21/h3-4,8,10,13H,1-2,5-7,9H2,(H,18,22)(H,20,21). The van der Waals surface area contributed by atoms with E-state index in [1.54, 1.807) is 16.7 Å². The maximum atomic E-state index is 12.5. The van der Waals surface area contributed by atoms with Gasteiger partial charge in [-0.1, -0.05) is 11.6 Å². The number of halogens is 1. The molecule has 7 heteroatoms. The van der Waals surface area contributed by atoms with Gasteiger partial charge in [0.2, 0.25) is 0 Å². The number of likely N-dealkylation sites (tertiary alicyclic amines) is 1. The van der Waals surface area contributed by atoms with Crippen LogP contribution in [-0.2, 0) is 4.79 Å². The van der Waals surface area contributed by atoms with Gasteiger partial charge in [-0.05, 0) is 43.0 Å². The van der Waals surface area contributed by atoms with Gasteiger partial charge in [0.25, 0.3) is 0 Å². The van der Waals surface area contributed by atoms with Crippen LogP contribution in [0.2, 0.25) is 5.02 Å². The number of carbonyl (C=O) groups excluding carboxylic acids is 1.